The van der Waals surface area contributed by atoms with Crippen LogP contribution in [0.4, 0.5) is 11.4 Å². The maximum absolute atomic E-state index is 13.3. The second kappa shape index (κ2) is 7.76. The molecule has 2 aliphatic rings. The highest BCUT2D eigenvalue weighted by Gasteiger charge is 2.45. The summed E-state index contributed by atoms with van der Waals surface area (Å²) in [5.74, 6) is -0.603. The summed E-state index contributed by atoms with van der Waals surface area (Å²) < 4.78 is 0. The number of fused-ring (bicyclic) bond motifs is 3. The molecule has 2 unspecified atom stereocenters. The summed E-state index contributed by atoms with van der Waals surface area (Å²) in [7, 11) is 0. The minimum absolute atomic E-state index is 0.0335. The summed E-state index contributed by atoms with van der Waals surface area (Å²) >= 11 is 6.20. The number of carbonyl (C=O) groups is 3. The van der Waals surface area contributed by atoms with Gasteiger partial charge in [-0.1, -0.05) is 11.6 Å². The van der Waals surface area contributed by atoms with Crippen molar-refractivity contribution in [2.45, 2.75) is 38.8 Å². The molecule has 2 aromatic carbocycles. The third-order valence-corrected chi connectivity index (χ3v) is 6.64. The van der Waals surface area contributed by atoms with Gasteiger partial charge in [0.2, 0.25) is 11.8 Å². The predicted octanol–water partition coefficient (Wildman–Crippen LogP) is 4.03. The van der Waals surface area contributed by atoms with Crippen LogP contribution in [0.3, 0.4) is 0 Å². The Balaban J connectivity index is 1.40. The number of benzene rings is 2. The van der Waals surface area contributed by atoms with E-state index in [0.717, 1.165) is 23.0 Å². The quantitative estimate of drug-likeness (QED) is 0.590. The molecule has 0 radical (unpaired) electrons. The average Bonchev–Trinajstić information content (AvgIpc) is 3.26. The molecule has 0 saturated carbocycles. The number of halogens is 1. The van der Waals surface area contributed by atoms with Gasteiger partial charge in [0.15, 0.2) is 0 Å². The van der Waals surface area contributed by atoms with Crippen LogP contribution in [0.1, 0.15) is 37.6 Å². The molecule has 2 aliphatic heterocycles. The molecule has 3 amide bonds. The van der Waals surface area contributed by atoms with Gasteiger partial charge in [-0.3, -0.25) is 19.3 Å². The number of hydrogen-bond donors (Lipinski definition) is 2. The van der Waals surface area contributed by atoms with Crippen molar-refractivity contribution >= 4 is 51.6 Å². The zero-order valence-electron chi connectivity index (χ0n) is 17.8. The van der Waals surface area contributed by atoms with E-state index in [-0.39, 0.29) is 30.2 Å². The lowest BCUT2D eigenvalue weighted by atomic mass is 9.96. The van der Waals surface area contributed by atoms with Gasteiger partial charge in [-0.15, -0.1) is 0 Å². The fourth-order valence-electron chi connectivity index (χ4n) is 4.94. The molecule has 3 heterocycles. The lowest BCUT2D eigenvalue weighted by Gasteiger charge is -2.36. The SMILES string of the molecule is CC(=O)Nc1ccc(N2C(=O)CC(N3CCc4c([nH]c5ccc(Cl)cc45)C3C)C2=O)cc1. The normalized spacial score (nSPS) is 21.3. The van der Waals surface area contributed by atoms with Crippen molar-refractivity contribution < 1.29 is 14.4 Å². The van der Waals surface area contributed by atoms with Crippen molar-refractivity contribution in [1.29, 1.82) is 0 Å². The minimum Gasteiger partial charge on any atom is -0.357 e. The topological polar surface area (TPSA) is 85.5 Å². The number of nitrogens with one attached hydrogen (secondary N) is 2. The van der Waals surface area contributed by atoms with Gasteiger partial charge in [0.25, 0.3) is 5.91 Å². The smallest absolute Gasteiger partial charge is 0.251 e. The maximum atomic E-state index is 13.3. The summed E-state index contributed by atoms with van der Waals surface area (Å²) in [5, 5.41) is 4.51. The molecule has 8 heteroatoms. The number of carbonyl (C=O) groups excluding carboxylic acids is 3. The Morgan fingerprint density at radius 3 is 2.62 bits per heavy atom. The van der Waals surface area contributed by atoms with Crippen LogP contribution in [0.2, 0.25) is 5.02 Å². The number of anilines is 2. The molecule has 7 nitrogen and oxygen atoms in total. The Morgan fingerprint density at radius 1 is 1.16 bits per heavy atom. The number of hydrogen-bond acceptors (Lipinski definition) is 4. The summed E-state index contributed by atoms with van der Waals surface area (Å²) in [6.07, 6.45) is 0.932. The number of imide groups is 1. The van der Waals surface area contributed by atoms with Crippen LogP contribution in [0.25, 0.3) is 10.9 Å². The minimum atomic E-state index is -0.504. The van der Waals surface area contributed by atoms with Gasteiger partial charge in [-0.05, 0) is 61.4 Å². The standard InChI is InChI=1S/C24H23ClN4O3/c1-13-23-18(19-11-15(25)3-8-20(19)27-23)9-10-28(13)21-12-22(31)29(24(21)32)17-6-4-16(5-7-17)26-14(2)30/h3-8,11,13,21,27H,9-10,12H2,1-2H3,(H,26,30). The Bertz CT molecular complexity index is 1250. The van der Waals surface area contributed by atoms with E-state index in [4.69, 9.17) is 11.6 Å². The second-order valence-electron chi connectivity index (χ2n) is 8.39. The molecule has 2 N–H and O–H groups in total. The summed E-state index contributed by atoms with van der Waals surface area (Å²) in [4.78, 5) is 44.2. The molecule has 5 rings (SSSR count). The van der Waals surface area contributed by atoms with Gasteiger partial charge in [0.05, 0.1) is 18.2 Å². The molecule has 0 bridgehead atoms. The van der Waals surface area contributed by atoms with Gasteiger partial charge in [-0.25, -0.2) is 4.90 Å². The van der Waals surface area contributed by atoms with E-state index in [2.05, 4.69) is 22.1 Å². The van der Waals surface area contributed by atoms with Crippen LogP contribution in [-0.2, 0) is 20.8 Å². The molecule has 32 heavy (non-hydrogen) atoms. The van der Waals surface area contributed by atoms with Gasteiger partial charge in [-0.2, -0.15) is 0 Å². The highest BCUT2D eigenvalue weighted by molar-refractivity contribution is 6.31. The van der Waals surface area contributed by atoms with E-state index in [0.29, 0.717) is 22.9 Å². The van der Waals surface area contributed by atoms with Crippen LogP contribution in [0.5, 0.6) is 0 Å². The summed E-state index contributed by atoms with van der Waals surface area (Å²) in [6.45, 7) is 4.18. The Hall–Kier alpha value is -3.16. The molecule has 0 aliphatic carbocycles. The molecular weight excluding hydrogens is 428 g/mol. The Morgan fingerprint density at radius 2 is 1.91 bits per heavy atom. The summed E-state index contributed by atoms with van der Waals surface area (Å²) in [5.41, 5.74) is 4.47. The van der Waals surface area contributed by atoms with Crippen molar-refractivity contribution in [1.82, 2.24) is 9.88 Å². The predicted molar refractivity (Wildman–Crippen MR) is 124 cm³/mol. The zero-order valence-corrected chi connectivity index (χ0v) is 18.6. The van der Waals surface area contributed by atoms with E-state index in [9.17, 15) is 14.4 Å². The number of nitrogens with zero attached hydrogens (tertiary/aromatic N) is 2. The molecular formula is C24H23ClN4O3. The second-order valence-corrected chi connectivity index (χ2v) is 8.82. The van der Waals surface area contributed by atoms with Crippen molar-refractivity contribution in [2.75, 3.05) is 16.8 Å². The number of aromatic nitrogens is 1. The van der Waals surface area contributed by atoms with E-state index >= 15 is 0 Å². The Kier molecular flexibility index (Phi) is 5.03. The molecule has 0 spiro atoms. The van der Waals surface area contributed by atoms with Gasteiger partial charge >= 0.3 is 0 Å². The molecule has 1 saturated heterocycles. The zero-order chi connectivity index (χ0) is 22.6. The summed E-state index contributed by atoms with van der Waals surface area (Å²) in [6, 6.07) is 12.0. The van der Waals surface area contributed by atoms with Crippen molar-refractivity contribution in [3.05, 3.63) is 58.7 Å². The van der Waals surface area contributed by atoms with E-state index in [1.807, 2.05) is 18.2 Å². The highest BCUT2D eigenvalue weighted by Crippen LogP contribution is 2.38. The first-order valence-electron chi connectivity index (χ1n) is 10.6. The average molecular weight is 451 g/mol. The lowest BCUT2D eigenvalue weighted by Crippen LogP contribution is -2.46. The van der Waals surface area contributed by atoms with Crippen LogP contribution in [-0.4, -0.2) is 40.2 Å². The van der Waals surface area contributed by atoms with Gasteiger partial charge < -0.3 is 10.3 Å². The lowest BCUT2D eigenvalue weighted by molar-refractivity contribution is -0.123. The third kappa shape index (κ3) is 3.38. The molecule has 1 aromatic heterocycles. The molecule has 3 aromatic rings. The van der Waals surface area contributed by atoms with Crippen molar-refractivity contribution in [3.63, 3.8) is 0 Å². The van der Waals surface area contributed by atoms with E-state index in [1.54, 1.807) is 24.3 Å². The fraction of sp³-hybridized carbons (Fsp3) is 0.292. The van der Waals surface area contributed by atoms with Crippen molar-refractivity contribution in [3.8, 4) is 0 Å². The molecule has 164 valence electrons. The van der Waals surface area contributed by atoms with E-state index in [1.165, 1.54) is 17.4 Å². The van der Waals surface area contributed by atoms with E-state index < -0.39 is 6.04 Å². The third-order valence-electron chi connectivity index (χ3n) is 6.41. The largest absolute Gasteiger partial charge is 0.357 e. The number of amides is 3. The first-order chi connectivity index (χ1) is 15.3. The number of H-pyrrole nitrogens is 1. The number of aromatic amines is 1. The monoisotopic (exact) mass is 450 g/mol. The van der Waals surface area contributed by atoms with Crippen LogP contribution < -0.4 is 10.2 Å². The number of rotatable bonds is 3. The Labute approximate surface area is 190 Å². The van der Waals surface area contributed by atoms with Crippen LogP contribution in [0, 0.1) is 0 Å². The maximum Gasteiger partial charge on any atom is 0.251 e. The van der Waals surface area contributed by atoms with Crippen LogP contribution >= 0.6 is 11.6 Å². The highest BCUT2D eigenvalue weighted by atomic mass is 35.5. The first kappa shape index (κ1) is 20.7. The first-order valence-corrected chi connectivity index (χ1v) is 11.0. The van der Waals surface area contributed by atoms with Crippen molar-refractivity contribution in [2.24, 2.45) is 0 Å². The molecule has 2 atom stereocenters. The van der Waals surface area contributed by atoms with Crippen LogP contribution in [0.15, 0.2) is 42.5 Å². The van der Waals surface area contributed by atoms with Gasteiger partial charge in [0.1, 0.15) is 0 Å². The molecule has 1 fully saturated rings. The van der Waals surface area contributed by atoms with Gasteiger partial charge in [0, 0.05) is 46.8 Å². The fourth-order valence-corrected chi connectivity index (χ4v) is 5.11.